The number of carbonyl (C=O) groups is 1. The fourth-order valence-corrected chi connectivity index (χ4v) is 5.62. The molecule has 3 aromatic rings. The van der Waals surface area contributed by atoms with E-state index in [4.69, 9.17) is 15.7 Å². The molecule has 0 fully saturated rings. The molecule has 0 aliphatic heterocycles. The van der Waals surface area contributed by atoms with E-state index in [1.54, 1.807) is 18.2 Å². The topological polar surface area (TPSA) is 121 Å². The molecule has 2 aliphatic carbocycles. The van der Waals surface area contributed by atoms with Crippen molar-refractivity contribution >= 4 is 24.3 Å². The van der Waals surface area contributed by atoms with Crippen LogP contribution in [0.5, 0.6) is 0 Å². The number of hydrogen-bond donors (Lipinski definition) is 4. The van der Waals surface area contributed by atoms with Gasteiger partial charge in [-0.05, 0) is 66.2 Å². The first-order chi connectivity index (χ1) is 16.9. The number of hydrogen-bond acceptors (Lipinski definition) is 6. The van der Waals surface area contributed by atoms with Crippen LogP contribution in [0.15, 0.2) is 42.5 Å². The summed E-state index contributed by atoms with van der Waals surface area (Å²) in [5.41, 5.74) is 12.1. The van der Waals surface area contributed by atoms with Crippen LogP contribution in [-0.4, -0.2) is 33.0 Å². The molecule has 0 saturated carbocycles. The van der Waals surface area contributed by atoms with Gasteiger partial charge in [-0.1, -0.05) is 49.7 Å². The highest BCUT2D eigenvalue weighted by atomic mass is 16.4. The molecule has 1 aromatic heterocycles. The highest BCUT2D eigenvalue weighted by molar-refractivity contribution is 6.58. The number of primary amides is 1. The predicted molar refractivity (Wildman–Crippen MR) is 137 cm³/mol. The first-order valence-corrected chi connectivity index (χ1v) is 12.4. The van der Waals surface area contributed by atoms with Crippen molar-refractivity contribution in [2.24, 2.45) is 11.7 Å². The molecule has 5 N–H and O–H groups in total. The summed E-state index contributed by atoms with van der Waals surface area (Å²) in [5.74, 6) is 1.51. The zero-order chi connectivity index (χ0) is 24.5. The van der Waals surface area contributed by atoms with Crippen LogP contribution >= 0.6 is 0 Å². The molecule has 35 heavy (non-hydrogen) atoms. The van der Waals surface area contributed by atoms with Gasteiger partial charge in [0, 0.05) is 29.3 Å². The van der Waals surface area contributed by atoms with Gasteiger partial charge in [0.15, 0.2) is 0 Å². The van der Waals surface area contributed by atoms with Gasteiger partial charge in [0.25, 0.3) is 0 Å². The number of nitrogens with one attached hydrogen (secondary N) is 1. The van der Waals surface area contributed by atoms with Crippen molar-refractivity contribution in [3.8, 4) is 0 Å². The first-order valence-electron chi connectivity index (χ1n) is 12.4. The van der Waals surface area contributed by atoms with Crippen LogP contribution in [0.25, 0.3) is 0 Å². The van der Waals surface area contributed by atoms with Gasteiger partial charge in [-0.25, -0.2) is 9.97 Å². The third-order valence-electron chi connectivity index (χ3n) is 7.35. The van der Waals surface area contributed by atoms with Crippen molar-refractivity contribution < 1.29 is 14.8 Å². The van der Waals surface area contributed by atoms with Crippen LogP contribution in [0, 0.1) is 5.92 Å². The monoisotopic (exact) mass is 470 g/mol. The van der Waals surface area contributed by atoms with Crippen LogP contribution in [0.1, 0.15) is 76.2 Å². The third-order valence-corrected chi connectivity index (χ3v) is 7.35. The zero-order valence-corrected chi connectivity index (χ0v) is 20.0. The van der Waals surface area contributed by atoms with E-state index >= 15 is 0 Å². The van der Waals surface area contributed by atoms with E-state index in [0.29, 0.717) is 17.6 Å². The molecule has 5 rings (SSSR count). The molecule has 7 nitrogen and oxygen atoms in total. The van der Waals surface area contributed by atoms with Crippen LogP contribution in [0.4, 0.5) is 5.82 Å². The van der Waals surface area contributed by atoms with Crippen molar-refractivity contribution in [3.05, 3.63) is 81.8 Å². The lowest BCUT2D eigenvalue weighted by Gasteiger charge is -2.20. The molecule has 2 atom stereocenters. The fourth-order valence-electron chi connectivity index (χ4n) is 5.62. The van der Waals surface area contributed by atoms with Gasteiger partial charge in [0.05, 0.1) is 0 Å². The predicted octanol–water partition coefficient (Wildman–Crippen LogP) is 2.46. The number of anilines is 1. The van der Waals surface area contributed by atoms with Gasteiger partial charge >= 0.3 is 7.12 Å². The Kier molecular flexibility index (Phi) is 6.58. The first kappa shape index (κ1) is 23.5. The Bertz CT molecular complexity index is 1260. The van der Waals surface area contributed by atoms with E-state index in [-0.39, 0.29) is 11.8 Å². The van der Waals surface area contributed by atoms with E-state index in [1.165, 1.54) is 12.0 Å². The summed E-state index contributed by atoms with van der Waals surface area (Å²) in [6.45, 7) is 2.70. The summed E-state index contributed by atoms with van der Waals surface area (Å²) in [6, 6.07) is 13.0. The van der Waals surface area contributed by atoms with Gasteiger partial charge in [0.2, 0.25) is 5.91 Å². The number of rotatable bonds is 6. The molecule has 0 radical (unpaired) electrons. The number of fused-ring (bicyclic) bond motifs is 2. The molecule has 2 aromatic carbocycles. The molecule has 1 amide bonds. The van der Waals surface area contributed by atoms with Crippen LogP contribution in [0.2, 0.25) is 0 Å². The molecular weight excluding hydrogens is 439 g/mol. The van der Waals surface area contributed by atoms with Crippen LogP contribution in [0.3, 0.4) is 0 Å². The number of amides is 1. The number of carbonyl (C=O) groups excluding carboxylic acids is 1. The molecule has 180 valence electrons. The molecule has 2 aliphatic rings. The summed E-state index contributed by atoms with van der Waals surface area (Å²) in [7, 11) is -1.49. The van der Waals surface area contributed by atoms with E-state index in [9.17, 15) is 14.8 Å². The summed E-state index contributed by atoms with van der Waals surface area (Å²) in [4.78, 5) is 22.2. The molecule has 0 saturated heterocycles. The van der Waals surface area contributed by atoms with E-state index in [0.717, 1.165) is 66.1 Å². The fraction of sp³-hybridized carbons (Fsp3) is 0.370. The Morgan fingerprint density at radius 2 is 1.89 bits per heavy atom. The number of nitrogens with zero attached hydrogens (tertiary/aromatic N) is 2. The maximum Gasteiger partial charge on any atom is 0.488 e. The van der Waals surface area contributed by atoms with Crippen LogP contribution in [-0.2, 0) is 25.8 Å². The van der Waals surface area contributed by atoms with Crippen molar-refractivity contribution in [1.82, 2.24) is 9.97 Å². The highest BCUT2D eigenvalue weighted by Crippen LogP contribution is 2.43. The molecule has 8 heteroatoms. The van der Waals surface area contributed by atoms with E-state index in [1.807, 2.05) is 18.2 Å². The van der Waals surface area contributed by atoms with Gasteiger partial charge in [0.1, 0.15) is 11.6 Å². The Labute approximate surface area is 206 Å². The molecular formula is C27H31BN4O3. The summed E-state index contributed by atoms with van der Waals surface area (Å²) in [6.07, 6.45) is 6.05. The van der Waals surface area contributed by atoms with Crippen molar-refractivity contribution in [3.63, 3.8) is 0 Å². The number of nitrogens with two attached hydrogens (primary N) is 1. The van der Waals surface area contributed by atoms with Gasteiger partial charge < -0.3 is 21.1 Å². The quantitative estimate of drug-likeness (QED) is 0.325. The zero-order valence-electron chi connectivity index (χ0n) is 20.0. The average Bonchev–Trinajstić information content (AvgIpc) is 3.00. The normalized spacial score (nSPS) is 18.9. The molecule has 2 unspecified atom stereocenters. The highest BCUT2D eigenvalue weighted by Gasteiger charge is 2.35. The van der Waals surface area contributed by atoms with E-state index in [2.05, 4.69) is 18.3 Å². The molecule has 0 spiro atoms. The lowest BCUT2D eigenvalue weighted by molar-refractivity contribution is 0.0999. The Hall–Kier alpha value is -3.23. The standard InChI is InChI=1S/C27H31BN4O3/c1-16-13-22-19(10-6-11-20(22)25(29)33)24(16)27-31-23-12-4-2-3-9-21(23)26(32-27)30-15-17-7-5-8-18(14-17)28(34)35/h5-8,10-11,14,16,24,34-35H,2-4,9,12-13,15H2,1H3,(H2,29,33)(H,30,31,32). The van der Waals surface area contributed by atoms with Gasteiger partial charge in [-0.2, -0.15) is 0 Å². The Balaban J connectivity index is 1.53. The second-order valence-electron chi connectivity index (χ2n) is 9.79. The summed E-state index contributed by atoms with van der Waals surface area (Å²) in [5, 5.41) is 22.6. The molecule has 1 heterocycles. The lowest BCUT2D eigenvalue weighted by Crippen LogP contribution is -2.30. The lowest BCUT2D eigenvalue weighted by atomic mass is 9.79. The number of aryl methyl sites for hydroxylation is 1. The second kappa shape index (κ2) is 9.80. The largest absolute Gasteiger partial charge is 0.488 e. The maximum absolute atomic E-state index is 12.0. The minimum Gasteiger partial charge on any atom is -0.423 e. The minimum atomic E-state index is -1.49. The maximum atomic E-state index is 12.0. The smallest absolute Gasteiger partial charge is 0.423 e. The summed E-state index contributed by atoms with van der Waals surface area (Å²) < 4.78 is 0. The Morgan fingerprint density at radius 3 is 2.69 bits per heavy atom. The SMILES string of the molecule is CC1Cc2c(C(N)=O)cccc2C1c1nc2c(c(NCc3cccc(B(O)O)c3)n1)CCCCC2. The number of benzene rings is 2. The average molecular weight is 470 g/mol. The minimum absolute atomic E-state index is 0.00580. The van der Waals surface area contributed by atoms with Crippen molar-refractivity contribution in [2.75, 3.05) is 5.32 Å². The summed E-state index contributed by atoms with van der Waals surface area (Å²) >= 11 is 0. The van der Waals surface area contributed by atoms with Gasteiger partial charge in [-0.3, -0.25) is 4.79 Å². The van der Waals surface area contributed by atoms with Gasteiger partial charge in [-0.15, -0.1) is 0 Å². The molecule has 0 bridgehead atoms. The van der Waals surface area contributed by atoms with Crippen molar-refractivity contribution in [1.29, 1.82) is 0 Å². The number of aromatic nitrogens is 2. The second-order valence-corrected chi connectivity index (χ2v) is 9.79. The third kappa shape index (κ3) is 4.68. The van der Waals surface area contributed by atoms with Crippen LogP contribution < -0.4 is 16.5 Å². The van der Waals surface area contributed by atoms with Crippen molar-refractivity contribution in [2.45, 2.75) is 57.9 Å². The Morgan fingerprint density at radius 1 is 1.09 bits per heavy atom. The van der Waals surface area contributed by atoms with E-state index < -0.39 is 13.0 Å².